The third kappa shape index (κ3) is 13.3. The van der Waals surface area contributed by atoms with E-state index in [1.54, 1.807) is 32.9 Å². The number of primary amides is 1. The van der Waals surface area contributed by atoms with Gasteiger partial charge in [-0.2, -0.15) is 0 Å². The van der Waals surface area contributed by atoms with Gasteiger partial charge >= 0.3 is 6.03 Å². The number of nitrogens with zero attached hydrogens (tertiary/aromatic N) is 1. The van der Waals surface area contributed by atoms with Crippen molar-refractivity contribution >= 4 is 41.3 Å². The second-order valence-electron chi connectivity index (χ2n) is 12.1. The Balaban J connectivity index is 1.93. The van der Waals surface area contributed by atoms with Gasteiger partial charge in [-0.15, -0.1) is 0 Å². The Hall–Kier alpha value is -4.00. The van der Waals surface area contributed by atoms with E-state index in [9.17, 15) is 28.8 Å². The first-order chi connectivity index (χ1) is 21.3. The highest BCUT2D eigenvalue weighted by atomic mass is 16.5. The molecular weight excluding hydrogens is 580 g/mol. The van der Waals surface area contributed by atoms with E-state index < -0.39 is 29.9 Å². The summed E-state index contributed by atoms with van der Waals surface area (Å²) in [4.78, 5) is 75.7. The molecule has 0 aromatic heterocycles. The minimum Gasteiger partial charge on any atom is -0.374 e. The molecule has 2 unspecified atom stereocenters. The second kappa shape index (κ2) is 18.7. The molecule has 0 aliphatic carbocycles. The Morgan fingerprint density at radius 1 is 0.956 bits per heavy atom. The maximum atomic E-state index is 13.3. The zero-order chi connectivity index (χ0) is 33.5. The fourth-order valence-corrected chi connectivity index (χ4v) is 4.82. The van der Waals surface area contributed by atoms with E-state index in [2.05, 4.69) is 21.3 Å². The number of hydrogen-bond donors (Lipinski definition) is 5. The summed E-state index contributed by atoms with van der Waals surface area (Å²) in [6.45, 7) is 10.2. The lowest BCUT2D eigenvalue weighted by atomic mass is 10.0. The lowest BCUT2D eigenvalue weighted by molar-refractivity contribution is -0.139. The van der Waals surface area contributed by atoms with Crippen LogP contribution in [-0.4, -0.2) is 71.7 Å². The number of carbonyl (C=O) groups excluding carboxylic acids is 6. The number of imide groups is 1. The summed E-state index contributed by atoms with van der Waals surface area (Å²) < 4.78 is 5.61. The molecule has 1 aromatic rings. The number of likely N-dealkylation sites (tertiary alicyclic amines) is 1. The number of nitrogens with two attached hydrogens (primary N) is 1. The molecule has 1 aliphatic rings. The maximum Gasteiger partial charge on any atom is 0.312 e. The Morgan fingerprint density at radius 2 is 1.64 bits per heavy atom. The number of hydrogen-bond acceptors (Lipinski definition) is 7. The molecule has 45 heavy (non-hydrogen) atoms. The van der Waals surface area contributed by atoms with Crippen LogP contribution >= 0.6 is 0 Å². The van der Waals surface area contributed by atoms with E-state index >= 15 is 0 Å². The van der Waals surface area contributed by atoms with Crippen LogP contribution in [0.15, 0.2) is 24.3 Å². The number of ether oxygens (including phenoxy) is 1. The summed E-state index contributed by atoms with van der Waals surface area (Å²) in [6, 6.07) is 4.70. The minimum atomic E-state index is -0.937. The molecule has 1 saturated heterocycles. The van der Waals surface area contributed by atoms with Crippen molar-refractivity contribution in [3.05, 3.63) is 29.8 Å². The van der Waals surface area contributed by atoms with Crippen LogP contribution in [0.1, 0.15) is 85.1 Å². The van der Waals surface area contributed by atoms with E-state index in [1.807, 2.05) is 26.0 Å². The van der Waals surface area contributed by atoms with Gasteiger partial charge in [-0.1, -0.05) is 39.3 Å². The van der Waals surface area contributed by atoms with Crippen molar-refractivity contribution in [3.8, 4) is 0 Å². The van der Waals surface area contributed by atoms with Gasteiger partial charge in [-0.25, -0.2) is 4.79 Å². The normalized spacial score (nSPS) is 16.1. The van der Waals surface area contributed by atoms with Crippen LogP contribution in [0.3, 0.4) is 0 Å². The fourth-order valence-electron chi connectivity index (χ4n) is 4.82. The number of anilines is 1. The first-order valence-corrected chi connectivity index (χ1v) is 15.8. The molecule has 3 atom stereocenters. The van der Waals surface area contributed by atoms with E-state index in [0.29, 0.717) is 44.5 Å². The van der Waals surface area contributed by atoms with Crippen molar-refractivity contribution in [2.24, 2.45) is 17.6 Å². The van der Waals surface area contributed by atoms with Crippen LogP contribution < -0.4 is 27.0 Å². The fraction of sp³-hybridized carbons (Fsp3) is 0.625. The average molecular weight is 631 g/mol. The van der Waals surface area contributed by atoms with Gasteiger partial charge < -0.3 is 31.7 Å². The number of rotatable bonds is 19. The van der Waals surface area contributed by atoms with E-state index in [-0.39, 0.29) is 61.5 Å². The summed E-state index contributed by atoms with van der Waals surface area (Å²) >= 11 is 0. The number of urea groups is 1. The van der Waals surface area contributed by atoms with Gasteiger partial charge in [-0.05, 0) is 63.1 Å². The van der Waals surface area contributed by atoms with Gasteiger partial charge in [0, 0.05) is 37.5 Å². The third-order valence-corrected chi connectivity index (χ3v) is 7.43. The highest BCUT2D eigenvalue weighted by Crippen LogP contribution is 2.19. The first kappa shape index (κ1) is 37.2. The molecule has 13 heteroatoms. The summed E-state index contributed by atoms with van der Waals surface area (Å²) in [6.07, 6.45) is 2.88. The summed E-state index contributed by atoms with van der Waals surface area (Å²) in [5.74, 6) is -2.08. The highest BCUT2D eigenvalue weighted by molar-refractivity contribution is 6.03. The van der Waals surface area contributed by atoms with Gasteiger partial charge in [0.2, 0.25) is 29.5 Å². The Labute approximate surface area is 265 Å². The van der Waals surface area contributed by atoms with Crippen LogP contribution in [0, 0.1) is 11.8 Å². The Bertz CT molecular complexity index is 1170. The minimum absolute atomic E-state index is 0.0899. The SMILES string of the molecule is CC(C)OCc1ccc(NC(=O)[C@H](CCCNC(N)=O)NC(=O)C(NC(=O)CCCCCN2C(=O)CC(C)C2=O)C(C)C)cc1. The van der Waals surface area contributed by atoms with Gasteiger partial charge in [0.15, 0.2) is 0 Å². The van der Waals surface area contributed by atoms with Crippen molar-refractivity contribution in [2.45, 2.75) is 104 Å². The smallest absolute Gasteiger partial charge is 0.312 e. The summed E-state index contributed by atoms with van der Waals surface area (Å²) in [5, 5.41) is 10.9. The predicted octanol–water partition coefficient (Wildman–Crippen LogP) is 2.58. The number of benzene rings is 1. The zero-order valence-corrected chi connectivity index (χ0v) is 27.1. The van der Waals surface area contributed by atoms with Crippen molar-refractivity contribution < 1.29 is 33.5 Å². The number of carbonyl (C=O) groups is 6. The van der Waals surface area contributed by atoms with Crippen molar-refractivity contribution in [1.82, 2.24) is 20.9 Å². The number of unbranched alkanes of at least 4 members (excludes halogenated alkanes) is 2. The molecule has 0 bridgehead atoms. The third-order valence-electron chi connectivity index (χ3n) is 7.43. The topological polar surface area (TPSA) is 189 Å². The van der Waals surface area contributed by atoms with Crippen LogP contribution in [0.2, 0.25) is 0 Å². The van der Waals surface area contributed by atoms with Crippen LogP contribution in [0.5, 0.6) is 0 Å². The first-order valence-electron chi connectivity index (χ1n) is 15.8. The molecule has 0 radical (unpaired) electrons. The monoisotopic (exact) mass is 630 g/mol. The van der Waals surface area contributed by atoms with Gasteiger partial charge in [0.05, 0.1) is 12.7 Å². The summed E-state index contributed by atoms with van der Waals surface area (Å²) in [7, 11) is 0. The molecule has 0 spiro atoms. The number of amides is 7. The molecule has 1 fully saturated rings. The lowest BCUT2D eigenvalue weighted by Crippen LogP contribution is -2.54. The molecule has 1 aliphatic heterocycles. The van der Waals surface area contributed by atoms with Crippen molar-refractivity contribution in [2.75, 3.05) is 18.4 Å². The number of nitrogens with one attached hydrogen (secondary N) is 4. The maximum absolute atomic E-state index is 13.3. The van der Waals surface area contributed by atoms with E-state index in [4.69, 9.17) is 10.5 Å². The van der Waals surface area contributed by atoms with Crippen LogP contribution in [0.25, 0.3) is 0 Å². The van der Waals surface area contributed by atoms with Crippen molar-refractivity contribution in [1.29, 1.82) is 0 Å². The van der Waals surface area contributed by atoms with Gasteiger partial charge in [0.25, 0.3) is 0 Å². The molecule has 2 rings (SSSR count). The van der Waals surface area contributed by atoms with Gasteiger partial charge in [0.1, 0.15) is 12.1 Å². The molecular formula is C32H50N6O7. The molecule has 1 heterocycles. The highest BCUT2D eigenvalue weighted by Gasteiger charge is 2.35. The van der Waals surface area contributed by atoms with Gasteiger partial charge in [-0.3, -0.25) is 28.9 Å². The largest absolute Gasteiger partial charge is 0.374 e. The molecule has 7 amide bonds. The predicted molar refractivity (Wildman–Crippen MR) is 169 cm³/mol. The Morgan fingerprint density at radius 3 is 2.22 bits per heavy atom. The molecule has 1 aromatic carbocycles. The van der Waals surface area contributed by atoms with E-state index in [0.717, 1.165) is 5.56 Å². The lowest BCUT2D eigenvalue weighted by Gasteiger charge is -2.25. The standard InChI is InChI=1S/C32H50N6O7/c1-20(2)28(37-26(39)11-7-6-8-17-38-27(40)18-22(5)31(38)43)30(42)36-25(10-9-16-34-32(33)44)29(41)35-24-14-12-23(13-15-24)19-45-21(3)4/h12-15,20-22,25,28H,6-11,16-19H2,1-5H3,(H,35,41)(H,36,42)(H,37,39)(H3,33,34,44)/t22?,25-,28?/m0/s1. The molecule has 6 N–H and O–H groups in total. The zero-order valence-electron chi connectivity index (χ0n) is 27.1. The average Bonchev–Trinajstić information content (AvgIpc) is 3.21. The summed E-state index contributed by atoms with van der Waals surface area (Å²) in [5.41, 5.74) is 6.64. The second-order valence-corrected chi connectivity index (χ2v) is 12.1. The quantitative estimate of drug-likeness (QED) is 0.115. The Kier molecular flexibility index (Phi) is 15.5. The van der Waals surface area contributed by atoms with Crippen LogP contribution in [0.4, 0.5) is 10.5 Å². The molecule has 13 nitrogen and oxygen atoms in total. The molecule has 250 valence electrons. The van der Waals surface area contributed by atoms with Crippen molar-refractivity contribution in [3.63, 3.8) is 0 Å². The van der Waals surface area contributed by atoms with E-state index in [1.165, 1.54) is 4.90 Å². The van der Waals surface area contributed by atoms with Crippen LogP contribution in [-0.2, 0) is 35.3 Å². The molecule has 0 saturated carbocycles.